The van der Waals surface area contributed by atoms with Gasteiger partial charge < -0.3 is 11.1 Å². The second-order valence-electron chi connectivity index (χ2n) is 4.37. The van der Waals surface area contributed by atoms with Crippen molar-refractivity contribution in [1.29, 1.82) is 0 Å². The zero-order valence-corrected chi connectivity index (χ0v) is 10.1. The molecule has 0 aliphatic rings. The highest BCUT2D eigenvalue weighted by Crippen LogP contribution is 2.00. The molecule has 2 atom stereocenters. The number of carbonyl (C=O) groups is 1. The number of nitrogens with one attached hydrogen (secondary N) is 1. The van der Waals surface area contributed by atoms with Crippen LogP contribution in [0.3, 0.4) is 0 Å². The normalized spacial score (nSPS) is 16.1. The summed E-state index contributed by atoms with van der Waals surface area (Å²) in [5.41, 5.74) is 5.08. The van der Waals surface area contributed by atoms with Gasteiger partial charge in [0.15, 0.2) is 0 Å². The van der Waals surface area contributed by atoms with Crippen molar-refractivity contribution in [2.24, 2.45) is 5.73 Å². The summed E-state index contributed by atoms with van der Waals surface area (Å²) < 4.78 is 11.4. The summed E-state index contributed by atoms with van der Waals surface area (Å²) in [6.07, 6.45) is 0. The van der Waals surface area contributed by atoms with Gasteiger partial charge in [-0.1, -0.05) is 0 Å². The molecule has 0 saturated heterocycles. The summed E-state index contributed by atoms with van der Waals surface area (Å²) >= 11 is 0. The van der Waals surface area contributed by atoms with Crippen molar-refractivity contribution in [3.05, 3.63) is 0 Å². The Balaban J connectivity index is 4.02. The molecule has 2 unspecified atom stereocenters. The van der Waals surface area contributed by atoms with Gasteiger partial charge in [0, 0.05) is 28.1 Å². The summed E-state index contributed by atoms with van der Waals surface area (Å²) in [5.74, 6) is -0.147. The third-order valence-corrected chi connectivity index (χ3v) is 3.21. The average Bonchev–Trinajstić information content (AvgIpc) is 1.99. The Labute approximate surface area is 88.1 Å². The van der Waals surface area contributed by atoms with E-state index in [9.17, 15) is 9.00 Å². The van der Waals surface area contributed by atoms with E-state index < -0.39 is 10.8 Å². The standard InChI is InChI=1S/C9H20N2O2S/c1-7(5-10)14(13)6-8(12)11-9(2,3)4/h7H,5-6,10H2,1-4H3,(H,11,12). The second-order valence-corrected chi connectivity index (χ2v) is 6.22. The lowest BCUT2D eigenvalue weighted by Gasteiger charge is -2.20. The third kappa shape index (κ3) is 6.10. The van der Waals surface area contributed by atoms with E-state index in [2.05, 4.69) is 5.32 Å². The molecular formula is C9H20N2O2S. The van der Waals surface area contributed by atoms with E-state index in [4.69, 9.17) is 5.73 Å². The summed E-state index contributed by atoms with van der Waals surface area (Å²) in [5, 5.41) is 2.63. The van der Waals surface area contributed by atoms with E-state index >= 15 is 0 Å². The molecule has 0 heterocycles. The molecule has 5 heteroatoms. The van der Waals surface area contributed by atoms with Gasteiger partial charge in [-0.2, -0.15) is 0 Å². The molecule has 0 aromatic heterocycles. The molecule has 0 bridgehead atoms. The van der Waals surface area contributed by atoms with Crippen molar-refractivity contribution in [3.8, 4) is 0 Å². The number of carbonyl (C=O) groups excluding carboxylic acids is 1. The van der Waals surface area contributed by atoms with Crippen LogP contribution in [0.25, 0.3) is 0 Å². The van der Waals surface area contributed by atoms with Crippen LogP contribution in [0.15, 0.2) is 0 Å². The van der Waals surface area contributed by atoms with Gasteiger partial charge in [0.05, 0.1) is 0 Å². The second kappa shape index (κ2) is 5.46. The fourth-order valence-corrected chi connectivity index (χ4v) is 1.66. The van der Waals surface area contributed by atoms with Gasteiger partial charge in [0.1, 0.15) is 5.75 Å². The molecular weight excluding hydrogens is 200 g/mol. The molecule has 84 valence electrons. The first kappa shape index (κ1) is 13.6. The van der Waals surface area contributed by atoms with Crippen LogP contribution in [-0.4, -0.2) is 33.2 Å². The Morgan fingerprint density at radius 3 is 2.36 bits per heavy atom. The smallest absolute Gasteiger partial charge is 0.233 e. The molecule has 0 rings (SSSR count). The largest absolute Gasteiger partial charge is 0.351 e. The third-order valence-electron chi connectivity index (χ3n) is 1.57. The van der Waals surface area contributed by atoms with E-state index in [1.165, 1.54) is 0 Å². The van der Waals surface area contributed by atoms with Crippen molar-refractivity contribution >= 4 is 16.7 Å². The first-order chi connectivity index (χ1) is 6.26. The maximum atomic E-state index is 11.4. The Kier molecular flexibility index (Phi) is 5.29. The van der Waals surface area contributed by atoms with Crippen LogP contribution >= 0.6 is 0 Å². The number of hydrogen-bond acceptors (Lipinski definition) is 3. The van der Waals surface area contributed by atoms with Crippen LogP contribution in [-0.2, 0) is 15.6 Å². The van der Waals surface area contributed by atoms with Crippen molar-refractivity contribution in [2.75, 3.05) is 12.3 Å². The molecule has 0 aliphatic heterocycles. The zero-order chi connectivity index (χ0) is 11.4. The lowest BCUT2D eigenvalue weighted by Crippen LogP contribution is -2.43. The summed E-state index contributed by atoms with van der Waals surface area (Å²) in [6, 6.07) is 0. The van der Waals surface area contributed by atoms with Gasteiger partial charge in [-0.25, -0.2) is 0 Å². The number of nitrogens with two attached hydrogens (primary N) is 1. The molecule has 1 amide bonds. The SMILES string of the molecule is CC(CN)S(=O)CC(=O)NC(C)(C)C. The highest BCUT2D eigenvalue weighted by atomic mass is 32.2. The Bertz CT molecular complexity index is 223. The van der Waals surface area contributed by atoms with Crippen molar-refractivity contribution in [1.82, 2.24) is 5.32 Å². The quantitative estimate of drug-likeness (QED) is 0.700. The topological polar surface area (TPSA) is 72.2 Å². The molecule has 0 saturated carbocycles. The van der Waals surface area contributed by atoms with Crippen LogP contribution in [0.2, 0.25) is 0 Å². The van der Waals surface area contributed by atoms with E-state index in [0.29, 0.717) is 6.54 Å². The lowest BCUT2D eigenvalue weighted by molar-refractivity contribution is -0.119. The Morgan fingerprint density at radius 2 is 2.00 bits per heavy atom. The molecule has 0 fully saturated rings. The van der Waals surface area contributed by atoms with Gasteiger partial charge >= 0.3 is 0 Å². The minimum atomic E-state index is -1.17. The maximum absolute atomic E-state index is 11.4. The predicted molar refractivity (Wildman–Crippen MR) is 59.4 cm³/mol. The van der Waals surface area contributed by atoms with Crippen LogP contribution in [0, 0.1) is 0 Å². The summed E-state index contributed by atoms with van der Waals surface area (Å²) in [7, 11) is -1.17. The van der Waals surface area contributed by atoms with Crippen LogP contribution in [0.4, 0.5) is 0 Å². The van der Waals surface area contributed by atoms with Gasteiger partial charge in [-0.3, -0.25) is 9.00 Å². The van der Waals surface area contributed by atoms with Crippen LogP contribution < -0.4 is 11.1 Å². The van der Waals surface area contributed by atoms with Gasteiger partial charge in [-0.15, -0.1) is 0 Å². The first-order valence-corrected chi connectivity index (χ1v) is 6.02. The monoisotopic (exact) mass is 220 g/mol. The Morgan fingerprint density at radius 1 is 1.50 bits per heavy atom. The van der Waals surface area contributed by atoms with E-state index in [1.54, 1.807) is 6.92 Å². The van der Waals surface area contributed by atoms with Crippen LogP contribution in [0.1, 0.15) is 27.7 Å². The highest BCUT2D eigenvalue weighted by molar-refractivity contribution is 7.86. The molecule has 14 heavy (non-hydrogen) atoms. The average molecular weight is 220 g/mol. The predicted octanol–water partition coefficient (Wildman–Crippen LogP) is -0.00300. The number of rotatable bonds is 4. The van der Waals surface area contributed by atoms with Crippen molar-refractivity contribution in [2.45, 2.75) is 38.5 Å². The van der Waals surface area contributed by atoms with Gasteiger partial charge in [0.2, 0.25) is 5.91 Å². The molecule has 0 aromatic carbocycles. The van der Waals surface area contributed by atoms with Gasteiger partial charge in [-0.05, 0) is 27.7 Å². The maximum Gasteiger partial charge on any atom is 0.233 e. The van der Waals surface area contributed by atoms with E-state index in [-0.39, 0.29) is 22.4 Å². The van der Waals surface area contributed by atoms with E-state index in [1.807, 2.05) is 20.8 Å². The molecule has 0 aromatic rings. The molecule has 3 N–H and O–H groups in total. The highest BCUT2D eigenvalue weighted by Gasteiger charge is 2.18. The number of amides is 1. The Hall–Kier alpha value is -0.420. The summed E-state index contributed by atoms with van der Waals surface area (Å²) in [4.78, 5) is 11.3. The van der Waals surface area contributed by atoms with Crippen molar-refractivity contribution in [3.63, 3.8) is 0 Å². The molecule has 0 spiro atoms. The molecule has 4 nitrogen and oxygen atoms in total. The minimum Gasteiger partial charge on any atom is -0.351 e. The lowest BCUT2D eigenvalue weighted by atomic mass is 10.1. The fourth-order valence-electron chi connectivity index (χ4n) is 0.833. The van der Waals surface area contributed by atoms with Gasteiger partial charge in [0.25, 0.3) is 0 Å². The summed E-state index contributed by atoms with van der Waals surface area (Å²) in [6.45, 7) is 7.79. The first-order valence-electron chi connectivity index (χ1n) is 4.64. The number of hydrogen-bond donors (Lipinski definition) is 2. The van der Waals surface area contributed by atoms with Crippen LogP contribution in [0.5, 0.6) is 0 Å². The molecule has 0 radical (unpaired) electrons. The van der Waals surface area contributed by atoms with E-state index in [0.717, 1.165) is 0 Å². The van der Waals surface area contributed by atoms with Crippen molar-refractivity contribution < 1.29 is 9.00 Å². The zero-order valence-electron chi connectivity index (χ0n) is 9.29. The molecule has 0 aliphatic carbocycles. The fraction of sp³-hybridized carbons (Fsp3) is 0.889. The minimum absolute atomic E-state index is 0.0373.